The molecule has 0 aliphatic carbocycles. The van der Waals surface area contributed by atoms with Crippen molar-refractivity contribution < 1.29 is 4.79 Å². The van der Waals surface area contributed by atoms with E-state index in [9.17, 15) is 4.79 Å². The molecule has 0 spiro atoms. The van der Waals surface area contributed by atoms with E-state index in [1.807, 2.05) is 10.3 Å². The van der Waals surface area contributed by atoms with Crippen LogP contribution in [0.3, 0.4) is 0 Å². The highest BCUT2D eigenvalue weighted by molar-refractivity contribution is 7.13. The predicted molar refractivity (Wildman–Crippen MR) is 112 cm³/mol. The lowest BCUT2D eigenvalue weighted by Gasteiger charge is -2.34. The largest absolute Gasteiger partial charge is 0.340 e. The number of hydrogen-bond donors (Lipinski definition) is 0. The van der Waals surface area contributed by atoms with Crippen molar-refractivity contribution in [2.45, 2.75) is 19.9 Å². The number of rotatable bonds is 5. The van der Waals surface area contributed by atoms with Crippen molar-refractivity contribution in [3.63, 3.8) is 0 Å². The molecular formula is C21H23N3OS2. The molecule has 140 valence electrons. The maximum absolute atomic E-state index is 12.7. The van der Waals surface area contributed by atoms with E-state index in [1.54, 1.807) is 22.7 Å². The third-order valence-electron chi connectivity index (χ3n) is 4.87. The van der Waals surface area contributed by atoms with E-state index >= 15 is 0 Å². The number of amides is 1. The molecule has 3 heterocycles. The van der Waals surface area contributed by atoms with Crippen molar-refractivity contribution in [2.75, 3.05) is 26.2 Å². The Balaban J connectivity index is 1.30. The number of thiazole rings is 1. The molecule has 1 aliphatic heterocycles. The molecule has 0 bridgehead atoms. The van der Waals surface area contributed by atoms with E-state index in [0.29, 0.717) is 6.42 Å². The standard InChI is InChI=1S/C21H23N3OS2/c1-16-4-6-17(7-5-16)21-22-18(15-27-21)13-20(25)24-10-8-23(9-11-24)14-19-3-2-12-26-19/h2-7,12,15H,8-11,13-14H2,1H3. The maximum Gasteiger partial charge on any atom is 0.228 e. The van der Waals surface area contributed by atoms with Crippen molar-refractivity contribution in [3.05, 3.63) is 63.3 Å². The lowest BCUT2D eigenvalue weighted by atomic mass is 10.2. The first-order valence-electron chi connectivity index (χ1n) is 9.21. The van der Waals surface area contributed by atoms with Gasteiger partial charge in [-0.25, -0.2) is 4.98 Å². The molecule has 1 fully saturated rings. The second kappa shape index (κ2) is 8.33. The first-order valence-corrected chi connectivity index (χ1v) is 11.0. The lowest BCUT2D eigenvalue weighted by molar-refractivity contribution is -0.132. The van der Waals surface area contributed by atoms with Crippen LogP contribution in [0.5, 0.6) is 0 Å². The third kappa shape index (κ3) is 4.64. The normalized spacial score (nSPS) is 15.2. The molecule has 3 aromatic rings. The van der Waals surface area contributed by atoms with Crippen LogP contribution in [0.1, 0.15) is 16.1 Å². The summed E-state index contributed by atoms with van der Waals surface area (Å²) in [6.45, 7) is 6.56. The molecular weight excluding hydrogens is 374 g/mol. The van der Waals surface area contributed by atoms with Crippen LogP contribution in [-0.4, -0.2) is 46.9 Å². The molecule has 4 rings (SSSR count). The molecule has 0 N–H and O–H groups in total. The van der Waals surface area contributed by atoms with E-state index in [1.165, 1.54) is 10.4 Å². The summed E-state index contributed by atoms with van der Waals surface area (Å²) < 4.78 is 0. The van der Waals surface area contributed by atoms with Crippen LogP contribution in [0.15, 0.2) is 47.2 Å². The molecule has 0 radical (unpaired) electrons. The van der Waals surface area contributed by atoms with Gasteiger partial charge in [-0.1, -0.05) is 35.9 Å². The van der Waals surface area contributed by atoms with E-state index in [0.717, 1.165) is 49.0 Å². The summed E-state index contributed by atoms with van der Waals surface area (Å²) in [5, 5.41) is 5.12. The summed E-state index contributed by atoms with van der Waals surface area (Å²) in [6.07, 6.45) is 0.396. The molecule has 1 saturated heterocycles. The van der Waals surface area contributed by atoms with Crippen LogP contribution >= 0.6 is 22.7 Å². The zero-order valence-corrected chi connectivity index (χ0v) is 17.1. The Morgan fingerprint density at radius 2 is 1.85 bits per heavy atom. The molecule has 0 saturated carbocycles. The number of nitrogens with zero attached hydrogens (tertiary/aromatic N) is 3. The van der Waals surface area contributed by atoms with Gasteiger partial charge in [0, 0.05) is 48.5 Å². The second-order valence-corrected chi connectivity index (χ2v) is 8.81. The quantitative estimate of drug-likeness (QED) is 0.651. The van der Waals surface area contributed by atoms with Gasteiger partial charge in [0.15, 0.2) is 0 Å². The highest BCUT2D eigenvalue weighted by Crippen LogP contribution is 2.24. The van der Waals surface area contributed by atoms with E-state index in [-0.39, 0.29) is 5.91 Å². The Morgan fingerprint density at radius 1 is 1.07 bits per heavy atom. The molecule has 0 unspecified atom stereocenters. The monoisotopic (exact) mass is 397 g/mol. The number of aryl methyl sites for hydroxylation is 1. The average Bonchev–Trinajstić information content (AvgIpc) is 3.35. The van der Waals surface area contributed by atoms with Crippen LogP contribution in [0, 0.1) is 6.92 Å². The minimum atomic E-state index is 0.187. The number of piperazine rings is 1. The molecule has 1 amide bonds. The first kappa shape index (κ1) is 18.3. The summed E-state index contributed by atoms with van der Waals surface area (Å²) >= 11 is 3.41. The fraction of sp³-hybridized carbons (Fsp3) is 0.333. The Kier molecular flexibility index (Phi) is 5.66. The van der Waals surface area contributed by atoms with Gasteiger partial charge in [0.1, 0.15) is 5.01 Å². The minimum Gasteiger partial charge on any atom is -0.340 e. The molecule has 6 heteroatoms. The van der Waals surface area contributed by atoms with Crippen LogP contribution in [0.4, 0.5) is 0 Å². The molecule has 1 aromatic carbocycles. The topological polar surface area (TPSA) is 36.4 Å². The van der Waals surface area contributed by atoms with Crippen LogP contribution in [0.2, 0.25) is 0 Å². The van der Waals surface area contributed by atoms with Gasteiger partial charge in [-0.05, 0) is 18.4 Å². The number of carbonyl (C=O) groups excluding carboxylic acids is 1. The van der Waals surface area contributed by atoms with E-state index in [2.05, 4.69) is 58.6 Å². The minimum absolute atomic E-state index is 0.187. The number of benzene rings is 1. The van der Waals surface area contributed by atoms with Crippen LogP contribution < -0.4 is 0 Å². The third-order valence-corrected chi connectivity index (χ3v) is 6.67. The van der Waals surface area contributed by atoms with Crippen molar-refractivity contribution in [1.29, 1.82) is 0 Å². The molecule has 1 aliphatic rings. The highest BCUT2D eigenvalue weighted by Gasteiger charge is 2.22. The lowest BCUT2D eigenvalue weighted by Crippen LogP contribution is -2.48. The van der Waals surface area contributed by atoms with Crippen molar-refractivity contribution in [1.82, 2.24) is 14.8 Å². The fourth-order valence-electron chi connectivity index (χ4n) is 3.26. The Bertz CT molecular complexity index is 879. The summed E-state index contributed by atoms with van der Waals surface area (Å²) in [5.41, 5.74) is 3.23. The van der Waals surface area contributed by atoms with Gasteiger partial charge in [-0.15, -0.1) is 22.7 Å². The zero-order chi connectivity index (χ0) is 18.6. The molecule has 0 atom stereocenters. The van der Waals surface area contributed by atoms with E-state index in [4.69, 9.17) is 0 Å². The van der Waals surface area contributed by atoms with Gasteiger partial charge in [0.2, 0.25) is 5.91 Å². The zero-order valence-electron chi connectivity index (χ0n) is 15.4. The SMILES string of the molecule is Cc1ccc(-c2nc(CC(=O)N3CCN(Cc4cccs4)CC3)cs2)cc1. The number of aromatic nitrogens is 1. The smallest absolute Gasteiger partial charge is 0.228 e. The average molecular weight is 398 g/mol. The highest BCUT2D eigenvalue weighted by atomic mass is 32.1. The molecule has 4 nitrogen and oxygen atoms in total. The summed E-state index contributed by atoms with van der Waals surface area (Å²) in [5.74, 6) is 0.187. The van der Waals surface area contributed by atoms with Gasteiger partial charge < -0.3 is 4.90 Å². The number of hydrogen-bond acceptors (Lipinski definition) is 5. The van der Waals surface area contributed by atoms with Gasteiger partial charge in [0.25, 0.3) is 0 Å². The number of thiophene rings is 1. The molecule has 2 aromatic heterocycles. The fourth-order valence-corrected chi connectivity index (χ4v) is 4.83. The summed E-state index contributed by atoms with van der Waals surface area (Å²) in [6, 6.07) is 12.6. The van der Waals surface area contributed by atoms with Crippen LogP contribution in [-0.2, 0) is 17.8 Å². The number of carbonyl (C=O) groups is 1. The summed E-state index contributed by atoms with van der Waals surface area (Å²) in [4.78, 5) is 23.1. The van der Waals surface area contributed by atoms with E-state index < -0.39 is 0 Å². The molecule has 27 heavy (non-hydrogen) atoms. The van der Waals surface area contributed by atoms with Gasteiger partial charge in [0.05, 0.1) is 12.1 Å². The maximum atomic E-state index is 12.7. The second-order valence-electron chi connectivity index (χ2n) is 6.92. The van der Waals surface area contributed by atoms with Gasteiger partial charge in [-0.3, -0.25) is 9.69 Å². The summed E-state index contributed by atoms with van der Waals surface area (Å²) in [7, 11) is 0. The van der Waals surface area contributed by atoms with Crippen molar-refractivity contribution in [3.8, 4) is 10.6 Å². The van der Waals surface area contributed by atoms with Crippen molar-refractivity contribution >= 4 is 28.6 Å². The van der Waals surface area contributed by atoms with Crippen molar-refractivity contribution in [2.24, 2.45) is 0 Å². The Morgan fingerprint density at radius 3 is 2.56 bits per heavy atom. The Labute approximate surface area is 168 Å². The van der Waals surface area contributed by atoms with Gasteiger partial charge in [-0.2, -0.15) is 0 Å². The Hall–Kier alpha value is -2.02. The van der Waals surface area contributed by atoms with Gasteiger partial charge >= 0.3 is 0 Å². The van der Waals surface area contributed by atoms with Crippen LogP contribution in [0.25, 0.3) is 10.6 Å². The predicted octanol–water partition coefficient (Wildman–Crippen LogP) is 4.07. The first-order chi connectivity index (χ1) is 13.2.